The summed E-state index contributed by atoms with van der Waals surface area (Å²) in [4.78, 5) is 40.4. The molecule has 2 aliphatic rings. The normalized spacial score (nSPS) is 15.4. The summed E-state index contributed by atoms with van der Waals surface area (Å²) in [6.45, 7) is 9.23. The number of nitriles is 1. The summed E-state index contributed by atoms with van der Waals surface area (Å²) in [5.74, 6) is 0.909. The number of likely N-dealkylation sites (N-methyl/N-ethyl adjacent to an activating group) is 1. The minimum Gasteiger partial charge on any atom is -0.477 e. The van der Waals surface area contributed by atoms with Gasteiger partial charge in [0.25, 0.3) is 0 Å². The van der Waals surface area contributed by atoms with E-state index >= 15 is 0 Å². The van der Waals surface area contributed by atoms with E-state index in [1.807, 2.05) is 36.1 Å². The molecule has 0 aliphatic carbocycles. The third-order valence-electron chi connectivity index (χ3n) is 8.67. The lowest BCUT2D eigenvalue weighted by molar-refractivity contribution is -0.137. The van der Waals surface area contributed by atoms with E-state index in [0.717, 1.165) is 17.7 Å². The van der Waals surface area contributed by atoms with Gasteiger partial charge in [0.15, 0.2) is 0 Å². The Morgan fingerprint density at radius 1 is 1.12 bits per heavy atom. The maximum Gasteiger partial charge on any atom is 0.416 e. The van der Waals surface area contributed by atoms with Gasteiger partial charge in [-0.25, -0.2) is 19.6 Å². The fraction of sp³-hybridized carbons (Fsp3) is 0.457. The number of benzene rings is 1. The molecule has 1 aromatic carbocycles. The number of nitrogens with one attached hydrogen (secondary N) is 1. The Morgan fingerprint density at radius 3 is 2.51 bits per heavy atom. The van der Waals surface area contributed by atoms with Gasteiger partial charge in [-0.05, 0) is 76.9 Å². The van der Waals surface area contributed by atoms with Gasteiger partial charge in [0, 0.05) is 56.9 Å². The van der Waals surface area contributed by atoms with E-state index in [-0.39, 0.29) is 24.7 Å². The first-order valence-corrected chi connectivity index (χ1v) is 16.1. The zero-order chi connectivity index (χ0) is 35.6. The van der Waals surface area contributed by atoms with Crippen LogP contribution >= 0.6 is 0 Å². The van der Waals surface area contributed by atoms with E-state index in [4.69, 9.17) is 14.5 Å². The second kappa shape index (κ2) is 13.8. The minimum atomic E-state index is -4.55. The second-order valence-corrected chi connectivity index (χ2v) is 13.2. The van der Waals surface area contributed by atoms with E-state index < -0.39 is 28.8 Å². The molecule has 3 amide bonds. The van der Waals surface area contributed by atoms with Gasteiger partial charge in [-0.15, -0.1) is 0 Å². The first-order valence-electron chi connectivity index (χ1n) is 16.1. The molecule has 1 saturated heterocycles. The predicted octanol–water partition coefficient (Wildman–Crippen LogP) is 6.37. The lowest BCUT2D eigenvalue weighted by Gasteiger charge is -2.41. The van der Waals surface area contributed by atoms with Crippen molar-refractivity contribution in [2.24, 2.45) is 0 Å². The van der Waals surface area contributed by atoms with Crippen molar-refractivity contribution in [3.63, 3.8) is 0 Å². The molecule has 1 spiro atoms. The monoisotopic (exact) mass is 679 g/mol. The van der Waals surface area contributed by atoms with Crippen LogP contribution in [-0.4, -0.2) is 79.0 Å². The topological polar surface area (TPSA) is 124 Å². The highest BCUT2D eigenvalue weighted by Gasteiger charge is 2.48. The number of halogens is 3. The molecule has 1 N–H and O–H groups in total. The molecule has 14 heteroatoms. The van der Waals surface area contributed by atoms with Gasteiger partial charge < -0.3 is 24.6 Å². The van der Waals surface area contributed by atoms with Crippen LogP contribution in [0.5, 0.6) is 5.88 Å². The maximum atomic E-state index is 13.8. The SMILES string of the molecule is CCOc1ncccc1-c1ccc2c(n1)N(C(=O)NCCN(C)C(=O)OC(C)(C)C)CC21CCN(c2ccc(C(F)(F)F)cc2C#N)CC1. The fourth-order valence-corrected chi connectivity index (χ4v) is 6.22. The molecule has 4 heterocycles. The van der Waals surface area contributed by atoms with Crippen molar-refractivity contribution in [3.8, 4) is 23.2 Å². The third kappa shape index (κ3) is 7.66. The molecule has 2 aromatic heterocycles. The largest absolute Gasteiger partial charge is 0.477 e. The van der Waals surface area contributed by atoms with E-state index in [9.17, 15) is 28.0 Å². The second-order valence-electron chi connectivity index (χ2n) is 13.2. The number of fused-ring (bicyclic) bond motifs is 2. The van der Waals surface area contributed by atoms with Crippen LogP contribution in [0.15, 0.2) is 48.7 Å². The molecule has 260 valence electrons. The molecular formula is C35H40F3N7O4. The smallest absolute Gasteiger partial charge is 0.416 e. The Bertz CT molecular complexity index is 1740. The lowest BCUT2D eigenvalue weighted by Crippen LogP contribution is -2.49. The Morgan fingerprint density at radius 2 is 1.86 bits per heavy atom. The number of carbonyl (C=O) groups excluding carboxylic acids is 2. The molecule has 2 aliphatic heterocycles. The number of ether oxygens (including phenoxy) is 2. The number of hydrogen-bond donors (Lipinski definition) is 1. The number of carbonyl (C=O) groups is 2. The average Bonchev–Trinajstić information content (AvgIpc) is 3.37. The van der Waals surface area contributed by atoms with Gasteiger partial charge in [0.1, 0.15) is 17.5 Å². The van der Waals surface area contributed by atoms with E-state index in [1.165, 1.54) is 11.0 Å². The fourth-order valence-electron chi connectivity index (χ4n) is 6.22. The molecule has 1 fully saturated rings. The van der Waals surface area contributed by atoms with Crippen molar-refractivity contribution in [2.45, 2.75) is 57.7 Å². The molecule has 0 saturated carbocycles. The third-order valence-corrected chi connectivity index (χ3v) is 8.67. The van der Waals surface area contributed by atoms with Crippen LogP contribution in [-0.2, 0) is 16.3 Å². The van der Waals surface area contributed by atoms with Gasteiger partial charge in [-0.1, -0.05) is 6.07 Å². The standard InChI is InChI=1S/C35H40F3N7O4/c1-6-48-30-25(8-7-15-40-30)27-11-10-26-29(42-27)45(31(46)41-16-19-43(5)32(47)49-33(2,3)4)22-34(26)13-17-44(18-14-34)28-12-9-24(35(36,37)38)20-23(28)21-39/h7-12,15,20H,6,13-14,16-19,22H2,1-5H3,(H,41,46). The summed E-state index contributed by atoms with van der Waals surface area (Å²) in [6.07, 6.45) is -2.29. The van der Waals surface area contributed by atoms with Crippen LogP contribution in [0.2, 0.25) is 0 Å². The summed E-state index contributed by atoms with van der Waals surface area (Å²) in [5.41, 5.74) is 0.533. The summed E-state index contributed by atoms with van der Waals surface area (Å²) in [5, 5.41) is 12.6. The number of urea groups is 1. The minimum absolute atomic E-state index is 0.0390. The Labute approximate surface area is 283 Å². The van der Waals surface area contributed by atoms with Crippen LogP contribution in [0.1, 0.15) is 57.2 Å². The number of alkyl halides is 3. The lowest BCUT2D eigenvalue weighted by atomic mass is 9.74. The molecule has 11 nitrogen and oxygen atoms in total. The van der Waals surface area contributed by atoms with Crippen molar-refractivity contribution in [1.82, 2.24) is 20.2 Å². The number of nitrogens with zero attached hydrogens (tertiary/aromatic N) is 6. The molecule has 5 rings (SSSR count). The molecule has 0 unspecified atom stereocenters. The quantitative estimate of drug-likeness (QED) is 0.306. The summed E-state index contributed by atoms with van der Waals surface area (Å²) < 4.78 is 51.1. The van der Waals surface area contributed by atoms with Gasteiger partial charge in [-0.3, -0.25) is 4.90 Å². The number of aromatic nitrogens is 2. The van der Waals surface area contributed by atoms with E-state index in [0.29, 0.717) is 67.7 Å². The first kappa shape index (κ1) is 35.3. The Hall–Kier alpha value is -5.06. The highest BCUT2D eigenvalue weighted by atomic mass is 19.4. The molecule has 0 radical (unpaired) electrons. The number of rotatable bonds is 7. The van der Waals surface area contributed by atoms with E-state index in [2.05, 4.69) is 10.3 Å². The molecular weight excluding hydrogens is 639 g/mol. The van der Waals surface area contributed by atoms with Crippen LogP contribution in [0, 0.1) is 11.3 Å². The van der Waals surface area contributed by atoms with Gasteiger partial charge in [-0.2, -0.15) is 18.4 Å². The van der Waals surface area contributed by atoms with Crippen molar-refractivity contribution in [2.75, 3.05) is 56.2 Å². The highest BCUT2D eigenvalue weighted by Crippen LogP contribution is 2.48. The van der Waals surface area contributed by atoms with Crippen LogP contribution in [0.3, 0.4) is 0 Å². The molecule has 3 aromatic rings. The summed E-state index contributed by atoms with van der Waals surface area (Å²) in [7, 11) is 1.60. The van der Waals surface area contributed by atoms with Gasteiger partial charge in [0.05, 0.1) is 34.7 Å². The number of pyridine rings is 2. The van der Waals surface area contributed by atoms with Crippen molar-refractivity contribution in [3.05, 3.63) is 65.4 Å². The summed E-state index contributed by atoms with van der Waals surface area (Å²) in [6, 6.07) is 12.3. The molecule has 0 bridgehead atoms. The van der Waals surface area contributed by atoms with Crippen LogP contribution < -0.4 is 19.9 Å². The molecule has 0 atom stereocenters. The van der Waals surface area contributed by atoms with Gasteiger partial charge >= 0.3 is 18.3 Å². The number of amides is 3. The van der Waals surface area contributed by atoms with Crippen molar-refractivity contribution in [1.29, 1.82) is 5.26 Å². The van der Waals surface area contributed by atoms with E-state index in [1.54, 1.807) is 45.0 Å². The number of hydrogen-bond acceptors (Lipinski definition) is 8. The van der Waals surface area contributed by atoms with Crippen molar-refractivity contribution < 1.29 is 32.2 Å². The van der Waals surface area contributed by atoms with Crippen molar-refractivity contribution >= 4 is 23.6 Å². The summed E-state index contributed by atoms with van der Waals surface area (Å²) >= 11 is 0. The maximum absolute atomic E-state index is 13.8. The molecule has 49 heavy (non-hydrogen) atoms. The highest BCUT2D eigenvalue weighted by molar-refractivity contribution is 5.94. The van der Waals surface area contributed by atoms with Crippen LogP contribution in [0.25, 0.3) is 11.3 Å². The first-order chi connectivity index (χ1) is 23.2. The zero-order valence-electron chi connectivity index (χ0n) is 28.2. The average molecular weight is 680 g/mol. The number of anilines is 2. The Kier molecular flexibility index (Phi) is 9.94. The zero-order valence-corrected chi connectivity index (χ0v) is 28.2. The predicted molar refractivity (Wildman–Crippen MR) is 178 cm³/mol. The van der Waals surface area contributed by atoms with Crippen LogP contribution in [0.4, 0.5) is 34.3 Å². The number of piperidine rings is 1. The van der Waals surface area contributed by atoms with Gasteiger partial charge in [0.2, 0.25) is 5.88 Å². The Balaban J connectivity index is 1.40.